The van der Waals surface area contributed by atoms with Crippen LogP contribution in [0.2, 0.25) is 0 Å². The van der Waals surface area contributed by atoms with Crippen LogP contribution in [0.25, 0.3) is 11.4 Å². The summed E-state index contributed by atoms with van der Waals surface area (Å²) in [4.78, 5) is 18.9. The fraction of sp³-hybridized carbons (Fsp3) is 0.312. The molecule has 8 nitrogen and oxygen atoms in total. The number of nitrogen functional groups attached to an aromatic ring is 1. The number of hydrogen-bond donors (Lipinski definition) is 1. The minimum atomic E-state index is 0.116. The Morgan fingerprint density at radius 3 is 2.96 bits per heavy atom. The van der Waals surface area contributed by atoms with E-state index < -0.39 is 0 Å². The number of hydrogen-bond acceptors (Lipinski definition) is 8. The predicted octanol–water partition coefficient (Wildman–Crippen LogP) is 1.84. The van der Waals surface area contributed by atoms with Gasteiger partial charge < -0.3 is 10.3 Å². The molecule has 0 aliphatic carbocycles. The Kier molecular flexibility index (Phi) is 3.87. The Labute approximate surface area is 138 Å². The monoisotopic (exact) mass is 323 g/mol. The van der Waals surface area contributed by atoms with Gasteiger partial charge >= 0.3 is 0 Å². The van der Waals surface area contributed by atoms with Crippen molar-refractivity contribution in [1.29, 1.82) is 0 Å². The number of nitrogens with two attached hydrogens (primary N) is 1. The summed E-state index contributed by atoms with van der Waals surface area (Å²) in [6.45, 7) is 1.84. The maximum atomic E-state index is 5.86. The van der Waals surface area contributed by atoms with E-state index in [1.54, 1.807) is 6.20 Å². The van der Waals surface area contributed by atoms with Crippen LogP contribution in [-0.2, 0) is 6.54 Å². The summed E-state index contributed by atoms with van der Waals surface area (Å²) in [5, 5.41) is 4.05. The van der Waals surface area contributed by atoms with Crippen LogP contribution in [0.1, 0.15) is 30.3 Å². The van der Waals surface area contributed by atoms with Gasteiger partial charge in [-0.3, -0.25) is 9.88 Å². The summed E-state index contributed by atoms with van der Waals surface area (Å²) in [5.41, 5.74) is 7.66. The largest absolute Gasteiger partial charge is 0.383 e. The van der Waals surface area contributed by atoms with Crippen molar-refractivity contribution in [2.24, 2.45) is 0 Å². The van der Waals surface area contributed by atoms with Crippen LogP contribution in [0.5, 0.6) is 0 Å². The van der Waals surface area contributed by atoms with Gasteiger partial charge in [-0.05, 0) is 37.1 Å². The molecule has 1 fully saturated rings. The molecule has 0 spiro atoms. The molecule has 0 saturated carbocycles. The molecule has 24 heavy (non-hydrogen) atoms. The Bertz CT molecular complexity index is 820. The van der Waals surface area contributed by atoms with Crippen LogP contribution < -0.4 is 5.73 Å². The first kappa shape index (κ1) is 14.7. The second kappa shape index (κ2) is 6.32. The standard InChI is InChI=1S/C16H17N7O/c17-14-12(8-19-10-20-14)15-21-16(24-22-15)13-2-1-7-23(13)9-11-3-5-18-6-4-11/h3-6,8,10,13H,1-2,7,9H2,(H2,17,19,20)/t13-/m0/s1. The van der Waals surface area contributed by atoms with Gasteiger partial charge in [0, 0.05) is 25.1 Å². The van der Waals surface area contributed by atoms with Crippen LogP contribution in [0.15, 0.2) is 41.6 Å². The summed E-state index contributed by atoms with van der Waals surface area (Å²) < 4.78 is 5.50. The second-order valence-electron chi connectivity index (χ2n) is 5.76. The smallest absolute Gasteiger partial charge is 0.244 e. The van der Waals surface area contributed by atoms with E-state index in [1.807, 2.05) is 24.5 Å². The normalized spacial score (nSPS) is 18.1. The molecule has 0 unspecified atom stereocenters. The van der Waals surface area contributed by atoms with Crippen molar-refractivity contribution in [1.82, 2.24) is 30.0 Å². The summed E-state index contributed by atoms with van der Waals surface area (Å²) in [6, 6.07) is 4.16. The molecule has 3 aromatic rings. The molecule has 4 rings (SSSR count). The molecule has 0 bridgehead atoms. The second-order valence-corrected chi connectivity index (χ2v) is 5.76. The number of aromatic nitrogens is 5. The fourth-order valence-electron chi connectivity index (χ4n) is 3.01. The van der Waals surface area contributed by atoms with Crippen LogP contribution >= 0.6 is 0 Å². The van der Waals surface area contributed by atoms with Crippen molar-refractivity contribution in [3.8, 4) is 11.4 Å². The van der Waals surface area contributed by atoms with Gasteiger partial charge in [0.2, 0.25) is 11.7 Å². The average Bonchev–Trinajstić information content (AvgIpc) is 3.25. The van der Waals surface area contributed by atoms with E-state index in [0.29, 0.717) is 23.1 Å². The molecule has 8 heteroatoms. The quantitative estimate of drug-likeness (QED) is 0.775. The Balaban J connectivity index is 1.56. The van der Waals surface area contributed by atoms with Gasteiger partial charge in [-0.15, -0.1) is 0 Å². The maximum Gasteiger partial charge on any atom is 0.244 e. The van der Waals surface area contributed by atoms with Gasteiger partial charge in [0.15, 0.2) is 0 Å². The highest BCUT2D eigenvalue weighted by atomic mass is 16.5. The molecule has 122 valence electrons. The minimum Gasteiger partial charge on any atom is -0.383 e. The first-order valence-electron chi connectivity index (χ1n) is 7.83. The van der Waals surface area contributed by atoms with Crippen LogP contribution in [0.3, 0.4) is 0 Å². The van der Waals surface area contributed by atoms with Gasteiger partial charge in [-0.25, -0.2) is 9.97 Å². The van der Waals surface area contributed by atoms with Gasteiger partial charge in [0.25, 0.3) is 0 Å². The maximum absolute atomic E-state index is 5.86. The topological polar surface area (TPSA) is 107 Å². The molecule has 0 radical (unpaired) electrons. The van der Waals surface area contributed by atoms with Crippen molar-refractivity contribution in [3.05, 3.63) is 48.5 Å². The molecular formula is C16H17N7O. The van der Waals surface area contributed by atoms with Gasteiger partial charge in [0.1, 0.15) is 12.1 Å². The van der Waals surface area contributed by atoms with E-state index in [1.165, 1.54) is 11.9 Å². The lowest BCUT2D eigenvalue weighted by Gasteiger charge is -2.21. The molecule has 1 saturated heterocycles. The van der Waals surface area contributed by atoms with Crippen LogP contribution in [-0.4, -0.2) is 36.5 Å². The highest BCUT2D eigenvalue weighted by Crippen LogP contribution is 2.33. The van der Waals surface area contributed by atoms with E-state index in [4.69, 9.17) is 10.3 Å². The van der Waals surface area contributed by atoms with E-state index >= 15 is 0 Å². The fourth-order valence-corrected chi connectivity index (χ4v) is 3.01. The first-order chi connectivity index (χ1) is 11.8. The average molecular weight is 323 g/mol. The number of pyridine rings is 1. The summed E-state index contributed by atoms with van der Waals surface area (Å²) in [5.74, 6) is 1.39. The van der Waals surface area contributed by atoms with Gasteiger partial charge in [0.05, 0.1) is 11.6 Å². The molecule has 1 aliphatic heterocycles. The highest BCUT2D eigenvalue weighted by Gasteiger charge is 2.31. The molecule has 4 heterocycles. The molecule has 0 aromatic carbocycles. The lowest BCUT2D eigenvalue weighted by Crippen LogP contribution is -2.23. The van der Waals surface area contributed by atoms with Crippen LogP contribution in [0.4, 0.5) is 5.82 Å². The van der Waals surface area contributed by atoms with Crippen molar-refractivity contribution < 1.29 is 4.52 Å². The van der Waals surface area contributed by atoms with Crippen molar-refractivity contribution in [2.75, 3.05) is 12.3 Å². The lowest BCUT2D eigenvalue weighted by molar-refractivity contribution is 0.201. The van der Waals surface area contributed by atoms with E-state index in [9.17, 15) is 0 Å². The number of rotatable bonds is 4. The summed E-state index contributed by atoms with van der Waals surface area (Å²) in [6.07, 6.45) is 8.71. The zero-order valence-electron chi connectivity index (χ0n) is 13.0. The predicted molar refractivity (Wildman–Crippen MR) is 86.4 cm³/mol. The van der Waals surface area contributed by atoms with Crippen LogP contribution in [0, 0.1) is 0 Å². The van der Waals surface area contributed by atoms with Crippen molar-refractivity contribution in [2.45, 2.75) is 25.4 Å². The SMILES string of the molecule is Nc1ncncc1-c1noc([C@@H]2CCCN2Cc2ccncc2)n1. The molecule has 3 aromatic heterocycles. The Morgan fingerprint density at radius 2 is 2.12 bits per heavy atom. The van der Waals surface area contributed by atoms with Crippen molar-refractivity contribution >= 4 is 5.82 Å². The molecule has 0 amide bonds. The third-order valence-electron chi connectivity index (χ3n) is 4.21. The summed E-state index contributed by atoms with van der Waals surface area (Å²) >= 11 is 0. The number of nitrogens with zero attached hydrogens (tertiary/aromatic N) is 6. The molecular weight excluding hydrogens is 306 g/mol. The lowest BCUT2D eigenvalue weighted by atomic mass is 10.2. The molecule has 1 atom stereocenters. The van der Waals surface area contributed by atoms with Crippen molar-refractivity contribution in [3.63, 3.8) is 0 Å². The van der Waals surface area contributed by atoms with Gasteiger partial charge in [-0.1, -0.05) is 5.16 Å². The number of anilines is 1. The summed E-state index contributed by atoms with van der Waals surface area (Å²) in [7, 11) is 0. The van der Waals surface area contributed by atoms with E-state index in [0.717, 1.165) is 25.9 Å². The number of likely N-dealkylation sites (tertiary alicyclic amines) is 1. The van der Waals surface area contributed by atoms with E-state index in [2.05, 4.69) is 30.0 Å². The highest BCUT2D eigenvalue weighted by molar-refractivity contribution is 5.66. The Morgan fingerprint density at radius 1 is 1.25 bits per heavy atom. The third kappa shape index (κ3) is 2.83. The third-order valence-corrected chi connectivity index (χ3v) is 4.21. The molecule has 2 N–H and O–H groups in total. The zero-order chi connectivity index (χ0) is 16.4. The van der Waals surface area contributed by atoms with E-state index in [-0.39, 0.29) is 6.04 Å². The first-order valence-corrected chi connectivity index (χ1v) is 7.83. The van der Waals surface area contributed by atoms with Gasteiger partial charge in [-0.2, -0.15) is 4.98 Å². The Hall–Kier alpha value is -2.87. The zero-order valence-corrected chi connectivity index (χ0v) is 13.0. The minimum absolute atomic E-state index is 0.116. The molecule has 1 aliphatic rings.